The molecule has 2 heterocycles. The highest BCUT2D eigenvalue weighted by atomic mass is 16.4. The Morgan fingerprint density at radius 2 is 2.26 bits per heavy atom. The zero-order chi connectivity index (χ0) is 13.8. The second-order valence-electron chi connectivity index (χ2n) is 4.26. The van der Waals surface area contributed by atoms with Crippen LogP contribution in [0.4, 0.5) is 6.01 Å². The second kappa shape index (κ2) is 5.57. The lowest BCUT2D eigenvalue weighted by Crippen LogP contribution is -2.19. The first kappa shape index (κ1) is 13.1. The van der Waals surface area contributed by atoms with Gasteiger partial charge in [0.25, 0.3) is 0 Å². The Bertz CT molecular complexity index is 560. The van der Waals surface area contributed by atoms with E-state index in [2.05, 4.69) is 25.8 Å². The molecule has 0 fully saturated rings. The molecule has 9 heteroatoms. The van der Waals surface area contributed by atoms with E-state index < -0.39 is 0 Å². The number of carbonyl (C=O) groups excluding carboxylic acids is 1. The fraction of sp³-hybridized carbons (Fsp3) is 0.500. The van der Waals surface area contributed by atoms with Crippen molar-refractivity contribution in [1.82, 2.24) is 25.2 Å². The predicted octanol–water partition coefficient (Wildman–Crippen LogP) is -0.118. The van der Waals surface area contributed by atoms with Crippen LogP contribution in [0.15, 0.2) is 10.6 Å². The van der Waals surface area contributed by atoms with Gasteiger partial charge in [-0.15, -0.1) is 10.2 Å². The Labute approximate surface area is 109 Å². The number of nitrogens with two attached hydrogens (primary N) is 1. The van der Waals surface area contributed by atoms with Gasteiger partial charge < -0.3 is 10.2 Å². The highest BCUT2D eigenvalue weighted by Gasteiger charge is 2.12. The molecule has 0 aliphatic rings. The molecule has 0 aliphatic carbocycles. The molecule has 102 valence electrons. The van der Waals surface area contributed by atoms with Crippen molar-refractivity contribution in [1.29, 1.82) is 0 Å². The van der Waals surface area contributed by atoms with Gasteiger partial charge in [0.2, 0.25) is 11.8 Å². The minimum atomic E-state index is -0.326. The summed E-state index contributed by atoms with van der Waals surface area (Å²) in [5, 5.41) is 17.6. The molecule has 0 atom stereocenters. The molecule has 0 aliphatic heterocycles. The molecule has 19 heavy (non-hydrogen) atoms. The van der Waals surface area contributed by atoms with Crippen molar-refractivity contribution < 1.29 is 9.21 Å². The maximum absolute atomic E-state index is 11.7. The van der Waals surface area contributed by atoms with Gasteiger partial charge in [-0.1, -0.05) is 24.2 Å². The van der Waals surface area contributed by atoms with Gasteiger partial charge in [0, 0.05) is 12.5 Å². The highest BCUT2D eigenvalue weighted by molar-refractivity contribution is 5.88. The lowest BCUT2D eigenvalue weighted by Gasteiger charge is -2.00. The van der Waals surface area contributed by atoms with Gasteiger partial charge >= 0.3 is 6.01 Å². The molecule has 0 saturated heterocycles. The minimum absolute atomic E-state index is 0.00634. The third-order valence-electron chi connectivity index (χ3n) is 2.28. The standard InChI is InChI=1S/C10H15N7O2/c1-6(2)9-14-15-10(19-9)12-8(18)5-17-4-7(3-11)13-16-17/h4,6H,3,5,11H2,1-2H3,(H,12,15,18). The molecule has 0 unspecified atom stereocenters. The van der Waals surface area contributed by atoms with E-state index >= 15 is 0 Å². The molecular formula is C10H15N7O2. The van der Waals surface area contributed by atoms with E-state index in [4.69, 9.17) is 10.2 Å². The van der Waals surface area contributed by atoms with Gasteiger partial charge in [-0.2, -0.15) is 0 Å². The summed E-state index contributed by atoms with van der Waals surface area (Å²) in [7, 11) is 0. The average molecular weight is 265 g/mol. The van der Waals surface area contributed by atoms with E-state index in [1.165, 1.54) is 4.68 Å². The van der Waals surface area contributed by atoms with Crippen LogP contribution in [-0.4, -0.2) is 31.1 Å². The van der Waals surface area contributed by atoms with Crippen LogP contribution in [0.1, 0.15) is 31.4 Å². The van der Waals surface area contributed by atoms with Crippen LogP contribution in [-0.2, 0) is 17.9 Å². The van der Waals surface area contributed by atoms with Gasteiger partial charge in [-0.05, 0) is 0 Å². The Balaban J connectivity index is 1.93. The molecule has 0 bridgehead atoms. The lowest BCUT2D eigenvalue weighted by molar-refractivity contribution is -0.117. The van der Waals surface area contributed by atoms with Crippen LogP contribution in [0.3, 0.4) is 0 Å². The van der Waals surface area contributed by atoms with Crippen molar-refractivity contribution in [2.75, 3.05) is 5.32 Å². The fourth-order valence-electron chi connectivity index (χ4n) is 1.33. The molecule has 0 spiro atoms. The van der Waals surface area contributed by atoms with Crippen molar-refractivity contribution >= 4 is 11.9 Å². The average Bonchev–Trinajstić information content (AvgIpc) is 2.98. The Kier molecular flexibility index (Phi) is 3.85. The Hall–Kier alpha value is -2.29. The van der Waals surface area contributed by atoms with Crippen molar-refractivity contribution in [3.8, 4) is 0 Å². The topological polar surface area (TPSA) is 125 Å². The summed E-state index contributed by atoms with van der Waals surface area (Å²) in [6, 6.07) is 0.0767. The first-order chi connectivity index (χ1) is 9.08. The molecule has 0 radical (unpaired) electrons. The smallest absolute Gasteiger partial charge is 0.322 e. The fourth-order valence-corrected chi connectivity index (χ4v) is 1.33. The van der Waals surface area contributed by atoms with Gasteiger partial charge in [0.1, 0.15) is 6.54 Å². The first-order valence-electron chi connectivity index (χ1n) is 5.81. The molecule has 0 saturated carbocycles. The SMILES string of the molecule is CC(C)c1nnc(NC(=O)Cn2cc(CN)nn2)o1. The summed E-state index contributed by atoms with van der Waals surface area (Å²) >= 11 is 0. The molecule has 2 aromatic rings. The maximum atomic E-state index is 11.7. The van der Waals surface area contributed by atoms with Crippen LogP contribution in [0, 0.1) is 0 Å². The number of rotatable bonds is 5. The van der Waals surface area contributed by atoms with Crippen LogP contribution in [0.25, 0.3) is 0 Å². The maximum Gasteiger partial charge on any atom is 0.322 e. The quantitative estimate of drug-likeness (QED) is 0.772. The molecule has 2 rings (SSSR count). The van der Waals surface area contributed by atoms with E-state index in [1.54, 1.807) is 6.20 Å². The Morgan fingerprint density at radius 1 is 1.47 bits per heavy atom. The summed E-state index contributed by atoms with van der Waals surface area (Å²) < 4.78 is 6.65. The second-order valence-corrected chi connectivity index (χ2v) is 4.26. The van der Waals surface area contributed by atoms with E-state index in [-0.39, 0.29) is 30.9 Å². The molecule has 9 nitrogen and oxygen atoms in total. The van der Waals surface area contributed by atoms with Crippen molar-refractivity contribution in [3.63, 3.8) is 0 Å². The van der Waals surface area contributed by atoms with E-state index in [9.17, 15) is 4.79 Å². The van der Waals surface area contributed by atoms with E-state index in [0.717, 1.165) is 0 Å². The minimum Gasteiger partial charge on any atom is -0.408 e. The van der Waals surface area contributed by atoms with Gasteiger partial charge in [-0.3, -0.25) is 10.1 Å². The lowest BCUT2D eigenvalue weighted by atomic mass is 10.2. The summed E-state index contributed by atoms with van der Waals surface area (Å²) in [4.78, 5) is 11.7. The van der Waals surface area contributed by atoms with Crippen molar-refractivity contribution in [3.05, 3.63) is 17.8 Å². The number of hydrogen-bond donors (Lipinski definition) is 2. The van der Waals surface area contributed by atoms with Crippen LogP contribution < -0.4 is 11.1 Å². The summed E-state index contributed by atoms with van der Waals surface area (Å²) in [6.07, 6.45) is 1.60. The number of amides is 1. The predicted molar refractivity (Wildman–Crippen MR) is 64.9 cm³/mol. The van der Waals surface area contributed by atoms with Gasteiger partial charge in [0.05, 0.1) is 11.9 Å². The monoisotopic (exact) mass is 265 g/mol. The summed E-state index contributed by atoms with van der Waals surface area (Å²) in [6.45, 7) is 4.13. The number of hydrogen-bond acceptors (Lipinski definition) is 7. The van der Waals surface area contributed by atoms with Crippen LogP contribution in [0.5, 0.6) is 0 Å². The van der Waals surface area contributed by atoms with E-state index in [1.807, 2.05) is 13.8 Å². The molecular weight excluding hydrogens is 250 g/mol. The largest absolute Gasteiger partial charge is 0.408 e. The van der Waals surface area contributed by atoms with Crippen molar-refractivity contribution in [2.24, 2.45) is 5.73 Å². The number of aromatic nitrogens is 5. The molecule has 3 N–H and O–H groups in total. The molecule has 1 amide bonds. The summed E-state index contributed by atoms with van der Waals surface area (Å²) in [5.41, 5.74) is 6.02. The normalized spacial score (nSPS) is 10.9. The number of nitrogens with one attached hydrogen (secondary N) is 1. The number of nitrogens with zero attached hydrogens (tertiary/aromatic N) is 5. The molecule has 0 aromatic carbocycles. The zero-order valence-corrected chi connectivity index (χ0v) is 10.7. The zero-order valence-electron chi connectivity index (χ0n) is 10.7. The molecule has 2 aromatic heterocycles. The number of anilines is 1. The first-order valence-corrected chi connectivity index (χ1v) is 5.81. The number of carbonyl (C=O) groups is 1. The van der Waals surface area contributed by atoms with Crippen LogP contribution in [0.2, 0.25) is 0 Å². The van der Waals surface area contributed by atoms with E-state index in [0.29, 0.717) is 11.6 Å². The van der Waals surface area contributed by atoms with Crippen molar-refractivity contribution in [2.45, 2.75) is 32.9 Å². The third kappa shape index (κ3) is 3.35. The highest BCUT2D eigenvalue weighted by Crippen LogP contribution is 2.14. The summed E-state index contributed by atoms with van der Waals surface area (Å²) in [5.74, 6) is 0.259. The van der Waals surface area contributed by atoms with Gasteiger partial charge in [0.15, 0.2) is 0 Å². The third-order valence-corrected chi connectivity index (χ3v) is 2.28. The van der Waals surface area contributed by atoms with Gasteiger partial charge in [-0.25, -0.2) is 4.68 Å². The van der Waals surface area contributed by atoms with Crippen LogP contribution >= 0.6 is 0 Å². The Morgan fingerprint density at radius 3 is 2.84 bits per heavy atom.